The van der Waals surface area contributed by atoms with E-state index in [-0.39, 0.29) is 10.4 Å². The first-order valence-electron chi connectivity index (χ1n) is 3.35. The summed E-state index contributed by atoms with van der Waals surface area (Å²) in [4.78, 5) is 20.9. The number of aliphatic carboxylic acids is 1. The molecule has 0 aromatic heterocycles. The van der Waals surface area contributed by atoms with Crippen LogP contribution in [0.15, 0.2) is 0 Å². The largest absolute Gasteiger partial charge is 0.481 e. The second-order valence-electron chi connectivity index (χ2n) is 2.44. The molecule has 0 spiro atoms. The lowest BCUT2D eigenvalue weighted by Gasteiger charge is -2.12. The van der Waals surface area contributed by atoms with Crippen LogP contribution in [0.5, 0.6) is 0 Å². The highest BCUT2D eigenvalue weighted by molar-refractivity contribution is 8.14. The molecular weight excluding hydrogens is 164 g/mol. The van der Waals surface area contributed by atoms with Gasteiger partial charge in [-0.25, -0.2) is 0 Å². The van der Waals surface area contributed by atoms with Gasteiger partial charge in [0.25, 0.3) is 0 Å². The summed E-state index contributed by atoms with van der Waals surface area (Å²) < 4.78 is 0. The summed E-state index contributed by atoms with van der Waals surface area (Å²) in [5.74, 6) is -1.32. The van der Waals surface area contributed by atoms with Gasteiger partial charge in [-0.2, -0.15) is 0 Å². The van der Waals surface area contributed by atoms with Crippen LogP contribution >= 0.6 is 11.8 Å². The van der Waals surface area contributed by atoms with E-state index < -0.39 is 11.9 Å². The predicted octanol–water partition coefficient (Wildman–Crippen LogP) is 1.38. The Morgan fingerprint density at radius 2 is 1.82 bits per heavy atom. The molecule has 0 aliphatic carbocycles. The Morgan fingerprint density at radius 3 is 2.09 bits per heavy atom. The van der Waals surface area contributed by atoms with E-state index in [1.165, 1.54) is 6.92 Å². The van der Waals surface area contributed by atoms with Gasteiger partial charge < -0.3 is 5.11 Å². The van der Waals surface area contributed by atoms with Gasteiger partial charge in [-0.05, 0) is 0 Å². The summed E-state index contributed by atoms with van der Waals surface area (Å²) >= 11 is 1.07. The van der Waals surface area contributed by atoms with Crippen LogP contribution in [0.3, 0.4) is 0 Å². The number of rotatable bonds is 3. The first-order chi connectivity index (χ1) is 4.95. The molecule has 1 N–H and O–H groups in total. The van der Waals surface area contributed by atoms with E-state index in [0.717, 1.165) is 11.8 Å². The summed E-state index contributed by atoms with van der Waals surface area (Å²) in [6, 6.07) is 0. The van der Waals surface area contributed by atoms with Crippen LogP contribution < -0.4 is 0 Å². The van der Waals surface area contributed by atoms with E-state index in [9.17, 15) is 9.59 Å². The summed E-state index contributed by atoms with van der Waals surface area (Å²) in [5.41, 5.74) is 0. The number of carbonyl (C=O) groups is 2. The molecule has 0 aliphatic heterocycles. The van der Waals surface area contributed by atoms with Crippen molar-refractivity contribution in [1.82, 2.24) is 0 Å². The Morgan fingerprint density at radius 1 is 1.36 bits per heavy atom. The second-order valence-corrected chi connectivity index (χ2v) is 4.00. The van der Waals surface area contributed by atoms with E-state index in [1.807, 2.05) is 0 Å². The Kier molecular flexibility index (Phi) is 4.18. The van der Waals surface area contributed by atoms with Crippen molar-refractivity contribution in [2.75, 3.05) is 0 Å². The van der Waals surface area contributed by atoms with Crippen LogP contribution in [0, 0.1) is 5.92 Å². The summed E-state index contributed by atoms with van der Waals surface area (Å²) in [6.45, 7) is 4.78. The molecule has 4 heteroatoms. The highest BCUT2D eigenvalue weighted by Gasteiger charge is 2.20. The van der Waals surface area contributed by atoms with Gasteiger partial charge in [-0.3, -0.25) is 9.59 Å². The maximum Gasteiger partial charge on any atom is 0.307 e. The Hall–Kier alpha value is -0.510. The number of carboxylic acid groups (broad SMARTS) is 1. The molecule has 3 nitrogen and oxygen atoms in total. The average Bonchev–Trinajstić information content (AvgIpc) is 1.84. The Labute approximate surface area is 70.2 Å². The van der Waals surface area contributed by atoms with Crippen molar-refractivity contribution in [2.45, 2.75) is 26.0 Å². The van der Waals surface area contributed by atoms with Crippen LogP contribution in [0.2, 0.25) is 0 Å². The Balaban J connectivity index is 3.92. The smallest absolute Gasteiger partial charge is 0.307 e. The molecule has 64 valence electrons. The number of hydrogen-bond acceptors (Lipinski definition) is 3. The Bertz CT molecular complexity index is 167. The van der Waals surface area contributed by atoms with Crippen molar-refractivity contribution >= 4 is 22.8 Å². The lowest BCUT2D eigenvalue weighted by atomic mass is 10.1. The van der Waals surface area contributed by atoms with Crippen molar-refractivity contribution < 1.29 is 14.7 Å². The highest BCUT2D eigenvalue weighted by atomic mass is 32.2. The summed E-state index contributed by atoms with van der Waals surface area (Å²) in [6.07, 6.45) is 0. The fraction of sp³-hybridized carbons (Fsp3) is 0.714. The van der Waals surface area contributed by atoms with Gasteiger partial charge in [-0.1, -0.05) is 25.6 Å². The lowest BCUT2D eigenvalue weighted by Crippen LogP contribution is -2.20. The van der Waals surface area contributed by atoms with Gasteiger partial charge in [0.1, 0.15) is 0 Å². The zero-order valence-corrected chi connectivity index (χ0v) is 7.64. The van der Waals surface area contributed by atoms with Crippen molar-refractivity contribution in [3.8, 4) is 0 Å². The van der Waals surface area contributed by atoms with Crippen LogP contribution in [0.25, 0.3) is 0 Å². The molecule has 0 fully saturated rings. The fourth-order valence-corrected chi connectivity index (χ4v) is 1.41. The molecule has 0 unspecified atom stereocenters. The minimum absolute atomic E-state index is 0.0365. The maximum absolute atomic E-state index is 10.6. The molecule has 0 aliphatic rings. The van der Waals surface area contributed by atoms with Crippen LogP contribution in [-0.2, 0) is 9.59 Å². The monoisotopic (exact) mass is 176 g/mol. The second kappa shape index (κ2) is 4.38. The number of carbonyl (C=O) groups excluding carboxylic acids is 1. The van der Waals surface area contributed by atoms with E-state index in [2.05, 4.69) is 0 Å². The van der Waals surface area contributed by atoms with Crippen molar-refractivity contribution in [3.63, 3.8) is 0 Å². The summed E-state index contributed by atoms with van der Waals surface area (Å²) in [7, 11) is 0. The van der Waals surface area contributed by atoms with E-state index in [0.29, 0.717) is 0 Å². The molecule has 0 aromatic rings. The first-order valence-corrected chi connectivity index (χ1v) is 4.23. The molecule has 0 radical (unpaired) electrons. The van der Waals surface area contributed by atoms with Gasteiger partial charge in [0.05, 0.1) is 5.92 Å². The molecular formula is C7H12O3S. The van der Waals surface area contributed by atoms with Gasteiger partial charge >= 0.3 is 5.97 Å². The van der Waals surface area contributed by atoms with Gasteiger partial charge in [0.15, 0.2) is 5.12 Å². The quantitative estimate of drug-likeness (QED) is 0.705. The zero-order valence-electron chi connectivity index (χ0n) is 6.83. The van der Waals surface area contributed by atoms with Crippen molar-refractivity contribution in [3.05, 3.63) is 0 Å². The third-order valence-corrected chi connectivity index (χ3v) is 2.56. The minimum atomic E-state index is -0.855. The first kappa shape index (κ1) is 10.5. The molecule has 11 heavy (non-hydrogen) atoms. The molecule has 0 heterocycles. The zero-order chi connectivity index (χ0) is 9.02. The number of hydrogen-bond donors (Lipinski definition) is 1. The highest BCUT2D eigenvalue weighted by Crippen LogP contribution is 2.19. The third kappa shape index (κ3) is 4.03. The van der Waals surface area contributed by atoms with E-state index in [1.54, 1.807) is 13.8 Å². The number of carboxylic acids is 1. The van der Waals surface area contributed by atoms with Crippen molar-refractivity contribution in [2.24, 2.45) is 5.92 Å². The van der Waals surface area contributed by atoms with Crippen LogP contribution in [0.1, 0.15) is 20.8 Å². The predicted molar refractivity (Wildman–Crippen MR) is 44.5 cm³/mol. The SMILES string of the molecule is CC(=O)S[C@@H](C)[C@@H](C)C(=O)O. The van der Waals surface area contributed by atoms with Crippen LogP contribution in [0.4, 0.5) is 0 Å². The topological polar surface area (TPSA) is 54.4 Å². The standard InChI is InChI=1S/C7H12O3S/c1-4(7(9)10)5(2)11-6(3)8/h4-5H,1-3H3,(H,9,10)/t4-,5+/m1/s1. The maximum atomic E-state index is 10.6. The molecule has 0 bridgehead atoms. The fourth-order valence-electron chi connectivity index (χ4n) is 0.565. The van der Waals surface area contributed by atoms with Crippen molar-refractivity contribution in [1.29, 1.82) is 0 Å². The molecule has 0 saturated carbocycles. The molecule has 0 rings (SSSR count). The van der Waals surface area contributed by atoms with Gasteiger partial charge in [-0.15, -0.1) is 0 Å². The van der Waals surface area contributed by atoms with Gasteiger partial charge in [0, 0.05) is 12.2 Å². The van der Waals surface area contributed by atoms with E-state index in [4.69, 9.17) is 5.11 Å². The normalized spacial score (nSPS) is 15.5. The number of thioether (sulfide) groups is 1. The third-order valence-electron chi connectivity index (χ3n) is 1.45. The average molecular weight is 176 g/mol. The van der Waals surface area contributed by atoms with Crippen LogP contribution in [-0.4, -0.2) is 21.4 Å². The van der Waals surface area contributed by atoms with Gasteiger partial charge in [0.2, 0.25) is 0 Å². The molecule has 0 saturated heterocycles. The molecule has 2 atom stereocenters. The lowest BCUT2D eigenvalue weighted by molar-refractivity contribution is -0.140. The molecule has 0 amide bonds. The molecule has 0 aromatic carbocycles. The van der Waals surface area contributed by atoms with E-state index >= 15 is 0 Å². The summed E-state index contributed by atoms with van der Waals surface area (Å²) in [5, 5.41) is 8.36. The minimum Gasteiger partial charge on any atom is -0.481 e.